The predicted octanol–water partition coefficient (Wildman–Crippen LogP) is 4.63. The van der Waals surface area contributed by atoms with E-state index in [9.17, 15) is 0 Å². The van der Waals surface area contributed by atoms with Crippen molar-refractivity contribution in [1.29, 1.82) is 0 Å². The Hall–Kier alpha value is -2.30. The van der Waals surface area contributed by atoms with Gasteiger partial charge in [0.2, 0.25) is 5.88 Å². The molecule has 0 aliphatic rings. The molecular formula is C20H29N3O2. The lowest BCUT2D eigenvalue weighted by Gasteiger charge is -2.20. The maximum Gasteiger partial charge on any atom is 0.242 e. The Labute approximate surface area is 150 Å². The minimum atomic E-state index is 0.378. The van der Waals surface area contributed by atoms with Crippen LogP contribution >= 0.6 is 0 Å². The Bertz CT molecular complexity index is 712. The van der Waals surface area contributed by atoms with E-state index in [0.717, 1.165) is 53.3 Å². The first kappa shape index (κ1) is 19.0. The lowest BCUT2D eigenvalue weighted by Crippen LogP contribution is -2.20. The fraction of sp³-hybridized carbons (Fsp3) is 0.500. The fourth-order valence-corrected chi connectivity index (χ4v) is 2.92. The van der Waals surface area contributed by atoms with Gasteiger partial charge in [-0.05, 0) is 37.8 Å². The first-order valence-corrected chi connectivity index (χ1v) is 8.94. The molecule has 0 spiro atoms. The summed E-state index contributed by atoms with van der Waals surface area (Å²) in [6.45, 7) is 8.47. The second-order valence-corrected chi connectivity index (χ2v) is 6.04. The standard InChI is InChI=1S/C20H29N3O2/c1-7-14(8-2)21-19-15(9-3)22-18(20(23-19)25-6)17-13(4)11-10-12-16(17)24-5/h10-12,14H,7-9H2,1-6H3,(H,21,23). The van der Waals surface area contributed by atoms with E-state index >= 15 is 0 Å². The van der Waals surface area contributed by atoms with E-state index in [4.69, 9.17) is 19.4 Å². The molecule has 1 heterocycles. The molecule has 0 amide bonds. The summed E-state index contributed by atoms with van der Waals surface area (Å²) in [5.41, 5.74) is 3.67. The number of hydrogen-bond donors (Lipinski definition) is 1. The quantitative estimate of drug-likeness (QED) is 0.757. The Morgan fingerprint density at radius 2 is 1.76 bits per heavy atom. The second kappa shape index (κ2) is 8.70. The number of hydrogen-bond acceptors (Lipinski definition) is 5. The highest BCUT2D eigenvalue weighted by atomic mass is 16.5. The van der Waals surface area contributed by atoms with Gasteiger partial charge in [-0.1, -0.05) is 32.9 Å². The van der Waals surface area contributed by atoms with Crippen LogP contribution in [0.1, 0.15) is 44.9 Å². The molecule has 1 aromatic heterocycles. The van der Waals surface area contributed by atoms with Crippen LogP contribution in [0.15, 0.2) is 18.2 Å². The van der Waals surface area contributed by atoms with E-state index in [1.165, 1.54) is 0 Å². The molecule has 0 saturated heterocycles. The lowest BCUT2D eigenvalue weighted by molar-refractivity contribution is 0.395. The number of benzene rings is 1. The van der Waals surface area contributed by atoms with Gasteiger partial charge in [0.1, 0.15) is 11.4 Å². The molecule has 0 aliphatic carbocycles. The monoisotopic (exact) mass is 343 g/mol. The van der Waals surface area contributed by atoms with Crippen molar-refractivity contribution in [3.05, 3.63) is 29.5 Å². The summed E-state index contributed by atoms with van der Waals surface area (Å²) in [5, 5.41) is 3.51. The molecule has 1 aromatic carbocycles. The Balaban J connectivity index is 2.61. The van der Waals surface area contributed by atoms with Crippen molar-refractivity contribution in [3.63, 3.8) is 0 Å². The number of rotatable bonds is 8. The van der Waals surface area contributed by atoms with Crippen LogP contribution in [0.5, 0.6) is 11.6 Å². The molecule has 0 radical (unpaired) electrons. The third kappa shape index (κ3) is 4.03. The minimum absolute atomic E-state index is 0.378. The van der Waals surface area contributed by atoms with Crippen LogP contribution in [0.25, 0.3) is 11.3 Å². The summed E-state index contributed by atoms with van der Waals surface area (Å²) in [6.07, 6.45) is 2.87. The molecule has 0 bridgehead atoms. The van der Waals surface area contributed by atoms with E-state index in [0.29, 0.717) is 11.9 Å². The minimum Gasteiger partial charge on any atom is -0.496 e. The third-order valence-corrected chi connectivity index (χ3v) is 4.48. The zero-order chi connectivity index (χ0) is 18.4. The molecule has 2 rings (SSSR count). The van der Waals surface area contributed by atoms with Crippen LogP contribution < -0.4 is 14.8 Å². The SMILES string of the molecule is CCc1nc(-c2c(C)cccc2OC)c(OC)nc1NC(CC)CC. The van der Waals surface area contributed by atoms with Crippen LogP contribution in [0.3, 0.4) is 0 Å². The highest BCUT2D eigenvalue weighted by Gasteiger charge is 2.20. The average Bonchev–Trinajstić information content (AvgIpc) is 2.65. The molecule has 0 atom stereocenters. The lowest BCUT2D eigenvalue weighted by atomic mass is 10.0. The molecule has 2 aromatic rings. The van der Waals surface area contributed by atoms with Gasteiger partial charge >= 0.3 is 0 Å². The van der Waals surface area contributed by atoms with Crippen molar-refractivity contribution >= 4 is 5.82 Å². The molecular weight excluding hydrogens is 314 g/mol. The molecule has 0 unspecified atom stereocenters. The molecule has 0 saturated carbocycles. The Kier molecular flexibility index (Phi) is 6.62. The van der Waals surface area contributed by atoms with Crippen LogP contribution in [-0.4, -0.2) is 30.2 Å². The molecule has 0 aliphatic heterocycles. The van der Waals surface area contributed by atoms with E-state index in [1.54, 1.807) is 14.2 Å². The predicted molar refractivity (Wildman–Crippen MR) is 103 cm³/mol. The number of aromatic nitrogens is 2. The first-order chi connectivity index (χ1) is 12.1. The van der Waals surface area contributed by atoms with Gasteiger partial charge in [-0.15, -0.1) is 0 Å². The van der Waals surface area contributed by atoms with Gasteiger partial charge in [0.15, 0.2) is 5.82 Å². The van der Waals surface area contributed by atoms with Gasteiger partial charge in [0.25, 0.3) is 0 Å². The van der Waals surface area contributed by atoms with Crippen LogP contribution in [-0.2, 0) is 6.42 Å². The van der Waals surface area contributed by atoms with E-state index in [-0.39, 0.29) is 0 Å². The largest absolute Gasteiger partial charge is 0.496 e. The van der Waals surface area contributed by atoms with Crippen LogP contribution in [0, 0.1) is 6.92 Å². The summed E-state index contributed by atoms with van der Waals surface area (Å²) in [6, 6.07) is 6.33. The van der Waals surface area contributed by atoms with Gasteiger partial charge < -0.3 is 14.8 Å². The smallest absolute Gasteiger partial charge is 0.242 e. The topological polar surface area (TPSA) is 56.3 Å². The van der Waals surface area contributed by atoms with Crippen LogP contribution in [0.2, 0.25) is 0 Å². The van der Waals surface area contributed by atoms with E-state index in [1.807, 2.05) is 25.1 Å². The highest BCUT2D eigenvalue weighted by Crippen LogP contribution is 2.37. The molecule has 0 fully saturated rings. The summed E-state index contributed by atoms with van der Waals surface area (Å²) < 4.78 is 11.1. The molecule has 25 heavy (non-hydrogen) atoms. The maximum absolute atomic E-state index is 5.57. The summed E-state index contributed by atoms with van der Waals surface area (Å²) >= 11 is 0. The Morgan fingerprint density at radius 3 is 2.32 bits per heavy atom. The van der Waals surface area contributed by atoms with E-state index in [2.05, 4.69) is 26.1 Å². The molecule has 5 nitrogen and oxygen atoms in total. The van der Waals surface area contributed by atoms with Gasteiger partial charge in [-0.2, -0.15) is 4.98 Å². The van der Waals surface area contributed by atoms with Crippen molar-refractivity contribution < 1.29 is 9.47 Å². The fourth-order valence-electron chi connectivity index (χ4n) is 2.92. The number of ether oxygens (including phenoxy) is 2. The third-order valence-electron chi connectivity index (χ3n) is 4.48. The van der Waals surface area contributed by atoms with Gasteiger partial charge in [-0.3, -0.25) is 0 Å². The first-order valence-electron chi connectivity index (χ1n) is 8.94. The zero-order valence-corrected chi connectivity index (χ0v) is 16.1. The Morgan fingerprint density at radius 1 is 1.04 bits per heavy atom. The van der Waals surface area contributed by atoms with Crippen molar-refractivity contribution in [2.75, 3.05) is 19.5 Å². The van der Waals surface area contributed by atoms with Crippen molar-refractivity contribution in [1.82, 2.24) is 9.97 Å². The second-order valence-electron chi connectivity index (χ2n) is 6.04. The summed E-state index contributed by atoms with van der Waals surface area (Å²) in [4.78, 5) is 9.63. The number of anilines is 1. The highest BCUT2D eigenvalue weighted by molar-refractivity contribution is 5.75. The van der Waals surface area contributed by atoms with Crippen molar-refractivity contribution in [2.24, 2.45) is 0 Å². The van der Waals surface area contributed by atoms with Gasteiger partial charge in [-0.25, -0.2) is 4.98 Å². The van der Waals surface area contributed by atoms with E-state index < -0.39 is 0 Å². The zero-order valence-electron chi connectivity index (χ0n) is 16.1. The maximum atomic E-state index is 5.57. The number of aryl methyl sites for hydroxylation is 2. The van der Waals surface area contributed by atoms with Crippen LogP contribution in [0.4, 0.5) is 5.82 Å². The molecule has 1 N–H and O–H groups in total. The van der Waals surface area contributed by atoms with Gasteiger partial charge in [0.05, 0.1) is 25.5 Å². The van der Waals surface area contributed by atoms with Gasteiger partial charge in [0, 0.05) is 6.04 Å². The number of methoxy groups -OCH3 is 2. The van der Waals surface area contributed by atoms with Crippen molar-refractivity contribution in [2.45, 2.75) is 53.0 Å². The molecule has 136 valence electrons. The number of nitrogens with one attached hydrogen (secondary N) is 1. The number of nitrogens with zero attached hydrogens (tertiary/aromatic N) is 2. The summed E-state index contributed by atoms with van der Waals surface area (Å²) in [7, 11) is 3.30. The molecule has 5 heteroatoms. The normalized spacial score (nSPS) is 10.8. The summed E-state index contributed by atoms with van der Waals surface area (Å²) in [5.74, 6) is 2.10. The average molecular weight is 343 g/mol. The van der Waals surface area contributed by atoms with Crippen molar-refractivity contribution in [3.8, 4) is 22.9 Å².